The first kappa shape index (κ1) is 14.9. The SMILES string of the molecule is CN(C)C(CCCCCC(=O)O)CC(=O)O. The average molecular weight is 231 g/mol. The highest BCUT2D eigenvalue weighted by Gasteiger charge is 2.14. The number of rotatable bonds is 9. The average Bonchev–Trinajstić information content (AvgIpc) is 2.14. The number of unbranched alkanes of at least 4 members (excludes halogenated alkanes) is 2. The van der Waals surface area contributed by atoms with Crippen LogP contribution >= 0.6 is 0 Å². The van der Waals surface area contributed by atoms with Crippen LogP contribution in [0.2, 0.25) is 0 Å². The standard InChI is InChI=1S/C11H21NO4/c1-12(2)9(8-11(15)16)6-4-3-5-7-10(13)14/h9H,3-8H2,1-2H3,(H,13,14)(H,15,16). The van der Waals surface area contributed by atoms with Crippen molar-refractivity contribution in [2.45, 2.75) is 44.6 Å². The Kier molecular flexibility index (Phi) is 7.54. The minimum atomic E-state index is -0.788. The number of hydrogen-bond acceptors (Lipinski definition) is 3. The van der Waals surface area contributed by atoms with Crippen LogP contribution in [0.3, 0.4) is 0 Å². The normalized spacial score (nSPS) is 12.7. The second-order valence-electron chi connectivity index (χ2n) is 4.21. The fraction of sp³-hybridized carbons (Fsp3) is 0.818. The van der Waals surface area contributed by atoms with E-state index in [9.17, 15) is 9.59 Å². The molecule has 1 atom stereocenters. The van der Waals surface area contributed by atoms with Crippen LogP contribution in [0.25, 0.3) is 0 Å². The van der Waals surface area contributed by atoms with Crippen LogP contribution in [-0.4, -0.2) is 47.2 Å². The zero-order valence-corrected chi connectivity index (χ0v) is 9.98. The molecule has 0 aromatic heterocycles. The summed E-state index contributed by atoms with van der Waals surface area (Å²) in [6.07, 6.45) is 3.54. The van der Waals surface area contributed by atoms with Gasteiger partial charge in [-0.1, -0.05) is 12.8 Å². The highest BCUT2D eigenvalue weighted by molar-refractivity contribution is 5.67. The second-order valence-corrected chi connectivity index (χ2v) is 4.21. The zero-order valence-electron chi connectivity index (χ0n) is 9.98. The molecule has 0 spiro atoms. The van der Waals surface area contributed by atoms with Gasteiger partial charge < -0.3 is 15.1 Å². The van der Waals surface area contributed by atoms with E-state index in [1.54, 1.807) is 0 Å². The van der Waals surface area contributed by atoms with Gasteiger partial charge in [-0.05, 0) is 26.9 Å². The molecular formula is C11H21NO4. The van der Waals surface area contributed by atoms with Crippen molar-refractivity contribution in [2.24, 2.45) is 0 Å². The van der Waals surface area contributed by atoms with Gasteiger partial charge in [0.05, 0.1) is 6.42 Å². The smallest absolute Gasteiger partial charge is 0.304 e. The van der Waals surface area contributed by atoms with Crippen LogP contribution in [0.15, 0.2) is 0 Å². The van der Waals surface area contributed by atoms with Gasteiger partial charge in [0.25, 0.3) is 0 Å². The molecule has 0 bridgehead atoms. The van der Waals surface area contributed by atoms with Gasteiger partial charge in [0.15, 0.2) is 0 Å². The Bertz CT molecular complexity index is 228. The molecule has 0 radical (unpaired) electrons. The van der Waals surface area contributed by atoms with E-state index >= 15 is 0 Å². The summed E-state index contributed by atoms with van der Waals surface area (Å²) in [4.78, 5) is 22.8. The second kappa shape index (κ2) is 8.10. The van der Waals surface area contributed by atoms with Crippen molar-refractivity contribution in [3.8, 4) is 0 Å². The Morgan fingerprint density at radius 1 is 1.06 bits per heavy atom. The molecule has 0 fully saturated rings. The number of carbonyl (C=O) groups is 2. The van der Waals surface area contributed by atoms with E-state index in [1.807, 2.05) is 19.0 Å². The van der Waals surface area contributed by atoms with Crippen LogP contribution in [0, 0.1) is 0 Å². The van der Waals surface area contributed by atoms with Crippen LogP contribution < -0.4 is 0 Å². The first-order valence-corrected chi connectivity index (χ1v) is 5.53. The Morgan fingerprint density at radius 3 is 2.12 bits per heavy atom. The van der Waals surface area contributed by atoms with Gasteiger partial charge >= 0.3 is 11.9 Å². The molecule has 0 aliphatic carbocycles. The molecule has 1 unspecified atom stereocenters. The summed E-state index contributed by atoms with van der Waals surface area (Å²) in [5, 5.41) is 17.1. The molecule has 0 aliphatic heterocycles. The highest BCUT2D eigenvalue weighted by atomic mass is 16.4. The number of hydrogen-bond donors (Lipinski definition) is 2. The Balaban J connectivity index is 3.68. The van der Waals surface area contributed by atoms with Gasteiger partial charge in [-0.15, -0.1) is 0 Å². The third-order valence-electron chi connectivity index (χ3n) is 2.57. The maximum atomic E-state index is 10.6. The van der Waals surface area contributed by atoms with Crippen LogP contribution in [0.4, 0.5) is 0 Å². The van der Waals surface area contributed by atoms with E-state index in [0.717, 1.165) is 19.3 Å². The molecular weight excluding hydrogens is 210 g/mol. The Morgan fingerprint density at radius 2 is 1.69 bits per heavy atom. The number of carboxylic acids is 2. The largest absolute Gasteiger partial charge is 0.481 e. The van der Waals surface area contributed by atoms with E-state index in [-0.39, 0.29) is 18.9 Å². The topological polar surface area (TPSA) is 77.8 Å². The summed E-state index contributed by atoms with van der Waals surface area (Å²) in [5.74, 6) is -1.56. The van der Waals surface area contributed by atoms with Gasteiger partial charge in [-0.25, -0.2) is 0 Å². The van der Waals surface area contributed by atoms with Crippen molar-refractivity contribution >= 4 is 11.9 Å². The van der Waals surface area contributed by atoms with E-state index < -0.39 is 11.9 Å². The summed E-state index contributed by atoms with van der Waals surface area (Å²) in [6, 6.07) is 0.0438. The van der Waals surface area contributed by atoms with Gasteiger partial charge in [-0.3, -0.25) is 9.59 Å². The van der Waals surface area contributed by atoms with E-state index in [1.165, 1.54) is 0 Å². The number of aliphatic carboxylic acids is 2. The summed E-state index contributed by atoms with van der Waals surface area (Å²) >= 11 is 0. The summed E-state index contributed by atoms with van der Waals surface area (Å²) < 4.78 is 0. The van der Waals surface area contributed by atoms with Gasteiger partial charge in [0.1, 0.15) is 0 Å². The molecule has 0 amide bonds. The van der Waals surface area contributed by atoms with Gasteiger partial charge in [0.2, 0.25) is 0 Å². The number of carboxylic acid groups (broad SMARTS) is 2. The summed E-state index contributed by atoms with van der Waals surface area (Å²) in [6.45, 7) is 0. The van der Waals surface area contributed by atoms with Crippen LogP contribution in [0.1, 0.15) is 38.5 Å². The molecule has 2 N–H and O–H groups in total. The van der Waals surface area contributed by atoms with E-state index in [4.69, 9.17) is 10.2 Å². The molecule has 16 heavy (non-hydrogen) atoms. The Labute approximate surface area is 96.1 Å². The molecule has 5 nitrogen and oxygen atoms in total. The van der Waals surface area contributed by atoms with Crippen molar-refractivity contribution in [3.05, 3.63) is 0 Å². The molecule has 0 saturated carbocycles. The Hall–Kier alpha value is -1.10. The van der Waals surface area contributed by atoms with Crippen molar-refractivity contribution in [3.63, 3.8) is 0 Å². The van der Waals surface area contributed by atoms with Crippen LogP contribution in [0.5, 0.6) is 0 Å². The fourth-order valence-corrected chi connectivity index (χ4v) is 1.58. The highest BCUT2D eigenvalue weighted by Crippen LogP contribution is 2.11. The van der Waals surface area contributed by atoms with Crippen molar-refractivity contribution in [1.82, 2.24) is 4.90 Å². The summed E-state index contributed by atoms with van der Waals surface area (Å²) in [7, 11) is 3.73. The van der Waals surface area contributed by atoms with E-state index in [0.29, 0.717) is 6.42 Å². The lowest BCUT2D eigenvalue weighted by Gasteiger charge is -2.22. The fourth-order valence-electron chi connectivity index (χ4n) is 1.58. The third-order valence-corrected chi connectivity index (χ3v) is 2.57. The summed E-state index contributed by atoms with van der Waals surface area (Å²) in [5.41, 5.74) is 0. The molecule has 0 aliphatic rings. The van der Waals surface area contributed by atoms with Crippen molar-refractivity contribution < 1.29 is 19.8 Å². The van der Waals surface area contributed by atoms with Gasteiger partial charge in [-0.2, -0.15) is 0 Å². The molecule has 0 saturated heterocycles. The molecule has 94 valence electrons. The first-order valence-electron chi connectivity index (χ1n) is 5.53. The molecule has 0 aromatic carbocycles. The molecule has 0 aromatic rings. The quantitative estimate of drug-likeness (QED) is 0.587. The molecule has 0 heterocycles. The van der Waals surface area contributed by atoms with Crippen molar-refractivity contribution in [2.75, 3.05) is 14.1 Å². The zero-order chi connectivity index (χ0) is 12.6. The van der Waals surface area contributed by atoms with E-state index in [2.05, 4.69) is 0 Å². The number of nitrogens with zero attached hydrogens (tertiary/aromatic N) is 1. The lowest BCUT2D eigenvalue weighted by molar-refractivity contribution is -0.138. The maximum Gasteiger partial charge on any atom is 0.304 e. The third kappa shape index (κ3) is 8.23. The minimum Gasteiger partial charge on any atom is -0.481 e. The van der Waals surface area contributed by atoms with Gasteiger partial charge in [0, 0.05) is 12.5 Å². The molecule has 5 heteroatoms. The van der Waals surface area contributed by atoms with Crippen LogP contribution in [-0.2, 0) is 9.59 Å². The molecule has 0 rings (SSSR count). The predicted molar refractivity (Wildman–Crippen MR) is 60.4 cm³/mol. The minimum absolute atomic E-state index is 0.0438. The maximum absolute atomic E-state index is 10.6. The lowest BCUT2D eigenvalue weighted by Crippen LogP contribution is -2.30. The van der Waals surface area contributed by atoms with Crippen molar-refractivity contribution in [1.29, 1.82) is 0 Å². The monoisotopic (exact) mass is 231 g/mol. The predicted octanol–water partition coefficient (Wildman–Crippen LogP) is 1.43. The first-order chi connectivity index (χ1) is 7.43. The lowest BCUT2D eigenvalue weighted by atomic mass is 10.0.